The molecule has 4 rings (SSSR count). The molecule has 2 aromatic rings. The minimum atomic E-state index is -0.217. The van der Waals surface area contributed by atoms with E-state index in [-0.39, 0.29) is 17.9 Å². The third-order valence-electron chi connectivity index (χ3n) is 5.32. The molecule has 6 nitrogen and oxygen atoms in total. The van der Waals surface area contributed by atoms with Crippen LogP contribution in [0.3, 0.4) is 0 Å². The summed E-state index contributed by atoms with van der Waals surface area (Å²) >= 11 is 0. The fraction of sp³-hybridized carbons (Fsp3) is 0.450. The van der Waals surface area contributed by atoms with E-state index < -0.39 is 0 Å². The van der Waals surface area contributed by atoms with Gasteiger partial charge in [-0.05, 0) is 62.3 Å². The Balaban J connectivity index is 1.33. The van der Waals surface area contributed by atoms with Gasteiger partial charge in [0.2, 0.25) is 0 Å². The van der Waals surface area contributed by atoms with E-state index in [4.69, 9.17) is 4.52 Å². The van der Waals surface area contributed by atoms with Gasteiger partial charge >= 0.3 is 0 Å². The number of nitrogens with one attached hydrogen (secondary N) is 1. The van der Waals surface area contributed by atoms with Crippen LogP contribution < -0.4 is 5.32 Å². The molecule has 136 valence electrons. The largest absolute Gasteiger partial charge is 0.361 e. The van der Waals surface area contributed by atoms with Crippen LogP contribution in [0.25, 0.3) is 0 Å². The molecule has 1 aromatic heterocycles. The minimum absolute atomic E-state index is 0.0589. The Hall–Kier alpha value is -2.63. The van der Waals surface area contributed by atoms with Crippen molar-refractivity contribution < 1.29 is 14.1 Å². The second kappa shape index (κ2) is 6.94. The molecule has 0 saturated carbocycles. The smallest absolute Gasteiger partial charge is 0.273 e. The maximum atomic E-state index is 12.8. The Morgan fingerprint density at radius 3 is 2.65 bits per heavy atom. The van der Waals surface area contributed by atoms with E-state index in [1.807, 2.05) is 11.0 Å². The van der Waals surface area contributed by atoms with Crippen LogP contribution >= 0.6 is 0 Å². The molecule has 1 fully saturated rings. The Bertz CT molecular complexity index is 835. The summed E-state index contributed by atoms with van der Waals surface area (Å²) in [5, 5.41) is 6.72. The first-order chi connectivity index (χ1) is 12.6. The van der Waals surface area contributed by atoms with Gasteiger partial charge in [-0.25, -0.2) is 0 Å². The summed E-state index contributed by atoms with van der Waals surface area (Å²) in [6.45, 7) is 3.06. The number of benzene rings is 1. The second-order valence-electron chi connectivity index (χ2n) is 7.20. The van der Waals surface area contributed by atoms with Crippen LogP contribution in [0.1, 0.15) is 57.0 Å². The molecule has 26 heavy (non-hydrogen) atoms. The summed E-state index contributed by atoms with van der Waals surface area (Å²) in [6, 6.07) is 7.80. The number of fused-ring (bicyclic) bond motifs is 1. The highest BCUT2D eigenvalue weighted by atomic mass is 16.5. The Morgan fingerprint density at radius 2 is 1.92 bits per heavy atom. The number of hydrogen-bond acceptors (Lipinski definition) is 4. The van der Waals surface area contributed by atoms with Gasteiger partial charge in [0.15, 0.2) is 5.69 Å². The van der Waals surface area contributed by atoms with Crippen molar-refractivity contribution in [3.05, 3.63) is 52.4 Å². The number of hydrogen-bond donors (Lipinski definition) is 1. The first-order valence-corrected chi connectivity index (χ1v) is 9.25. The Kier molecular flexibility index (Phi) is 4.49. The number of likely N-dealkylation sites (tertiary alicyclic amines) is 1. The highest BCUT2D eigenvalue weighted by molar-refractivity contribution is 5.95. The predicted octanol–water partition coefficient (Wildman–Crippen LogP) is 2.51. The average Bonchev–Trinajstić information content (AvgIpc) is 3.29. The van der Waals surface area contributed by atoms with E-state index in [0.29, 0.717) is 24.5 Å². The number of aromatic nitrogens is 1. The summed E-state index contributed by atoms with van der Waals surface area (Å²) in [5.41, 5.74) is 3.79. The minimum Gasteiger partial charge on any atom is -0.361 e. The normalized spacial score (nSPS) is 17.2. The van der Waals surface area contributed by atoms with E-state index >= 15 is 0 Å². The number of amides is 2. The summed E-state index contributed by atoms with van der Waals surface area (Å²) in [7, 11) is 0. The number of nitrogens with zero attached hydrogens (tertiary/aromatic N) is 2. The quantitative estimate of drug-likeness (QED) is 0.920. The van der Waals surface area contributed by atoms with Gasteiger partial charge in [-0.2, -0.15) is 0 Å². The molecule has 1 N–H and O–H groups in total. The van der Waals surface area contributed by atoms with Gasteiger partial charge in [0.05, 0.1) is 0 Å². The highest BCUT2D eigenvalue weighted by Gasteiger charge is 2.26. The topological polar surface area (TPSA) is 75.4 Å². The fourth-order valence-electron chi connectivity index (χ4n) is 3.85. The van der Waals surface area contributed by atoms with E-state index in [1.165, 1.54) is 17.5 Å². The van der Waals surface area contributed by atoms with Crippen LogP contribution in [0.15, 0.2) is 28.8 Å². The Morgan fingerprint density at radius 1 is 1.15 bits per heavy atom. The number of carbonyl (C=O) groups is 2. The SMILES string of the molecule is Cc1cc(C(=O)NC2CCN(C(=O)c3ccc4c(c3)CCC4)CC2)no1. The monoisotopic (exact) mass is 353 g/mol. The summed E-state index contributed by atoms with van der Waals surface area (Å²) in [4.78, 5) is 26.8. The number of carbonyl (C=O) groups excluding carboxylic acids is 2. The van der Waals surface area contributed by atoms with Crippen LogP contribution in [0.2, 0.25) is 0 Å². The lowest BCUT2D eigenvalue weighted by atomic mass is 10.0. The van der Waals surface area contributed by atoms with Gasteiger partial charge in [0.1, 0.15) is 5.76 Å². The van der Waals surface area contributed by atoms with Crippen molar-refractivity contribution in [3.8, 4) is 0 Å². The molecule has 0 spiro atoms. The van der Waals surface area contributed by atoms with Crippen molar-refractivity contribution >= 4 is 11.8 Å². The zero-order chi connectivity index (χ0) is 18.1. The van der Waals surface area contributed by atoms with Gasteiger partial charge < -0.3 is 14.7 Å². The maximum absolute atomic E-state index is 12.8. The third kappa shape index (κ3) is 3.36. The molecular weight excluding hydrogens is 330 g/mol. The van der Waals surface area contributed by atoms with Crippen molar-refractivity contribution in [2.75, 3.05) is 13.1 Å². The molecule has 2 heterocycles. The van der Waals surface area contributed by atoms with Gasteiger partial charge in [-0.1, -0.05) is 11.2 Å². The van der Waals surface area contributed by atoms with Crippen molar-refractivity contribution in [2.24, 2.45) is 0 Å². The molecular formula is C20H23N3O3. The fourth-order valence-corrected chi connectivity index (χ4v) is 3.85. The first-order valence-electron chi connectivity index (χ1n) is 9.25. The van der Waals surface area contributed by atoms with Gasteiger partial charge in [0, 0.05) is 30.8 Å². The molecule has 2 amide bonds. The molecule has 1 aromatic carbocycles. The molecule has 0 unspecified atom stereocenters. The lowest BCUT2D eigenvalue weighted by molar-refractivity contribution is 0.0697. The Labute approximate surface area is 152 Å². The zero-order valence-electron chi connectivity index (χ0n) is 15.0. The van der Waals surface area contributed by atoms with Gasteiger partial charge in [-0.3, -0.25) is 9.59 Å². The van der Waals surface area contributed by atoms with Crippen LogP contribution in [0.4, 0.5) is 0 Å². The number of aryl methyl sites for hydroxylation is 3. The molecule has 1 aliphatic carbocycles. The van der Waals surface area contributed by atoms with Crippen molar-refractivity contribution in [1.82, 2.24) is 15.4 Å². The average molecular weight is 353 g/mol. The van der Waals surface area contributed by atoms with Crippen molar-refractivity contribution in [3.63, 3.8) is 0 Å². The van der Waals surface area contributed by atoms with Crippen LogP contribution in [-0.2, 0) is 12.8 Å². The number of piperidine rings is 1. The van der Waals surface area contributed by atoms with Crippen LogP contribution in [0.5, 0.6) is 0 Å². The number of rotatable bonds is 3. The standard InChI is InChI=1S/C20H23N3O3/c1-13-11-18(22-26-13)19(24)21-17-7-9-23(10-8-17)20(25)16-6-5-14-3-2-4-15(14)12-16/h5-6,11-12,17H,2-4,7-10H2,1H3,(H,21,24). The lowest BCUT2D eigenvalue weighted by Crippen LogP contribution is -2.46. The summed E-state index contributed by atoms with van der Waals surface area (Å²) in [6.07, 6.45) is 4.88. The molecule has 0 atom stereocenters. The van der Waals surface area contributed by atoms with Gasteiger partial charge in [0.25, 0.3) is 11.8 Å². The van der Waals surface area contributed by atoms with Crippen LogP contribution in [-0.4, -0.2) is 41.0 Å². The van der Waals surface area contributed by atoms with E-state index in [2.05, 4.69) is 22.6 Å². The predicted molar refractivity (Wildman–Crippen MR) is 96.1 cm³/mol. The molecule has 0 bridgehead atoms. The van der Waals surface area contributed by atoms with Crippen molar-refractivity contribution in [1.29, 1.82) is 0 Å². The van der Waals surface area contributed by atoms with E-state index in [1.54, 1.807) is 13.0 Å². The molecule has 0 radical (unpaired) electrons. The zero-order valence-corrected chi connectivity index (χ0v) is 15.0. The van der Waals surface area contributed by atoms with Crippen LogP contribution in [0, 0.1) is 6.92 Å². The molecule has 2 aliphatic rings. The maximum Gasteiger partial charge on any atom is 0.273 e. The van der Waals surface area contributed by atoms with E-state index in [9.17, 15) is 9.59 Å². The highest BCUT2D eigenvalue weighted by Crippen LogP contribution is 2.24. The third-order valence-corrected chi connectivity index (χ3v) is 5.32. The first kappa shape index (κ1) is 16.8. The second-order valence-corrected chi connectivity index (χ2v) is 7.20. The summed E-state index contributed by atoms with van der Waals surface area (Å²) in [5.74, 6) is 0.492. The van der Waals surface area contributed by atoms with Crippen molar-refractivity contribution in [2.45, 2.75) is 45.1 Å². The molecule has 1 aliphatic heterocycles. The summed E-state index contributed by atoms with van der Waals surface area (Å²) < 4.78 is 4.94. The molecule has 1 saturated heterocycles. The molecule has 6 heteroatoms. The lowest BCUT2D eigenvalue weighted by Gasteiger charge is -2.32. The van der Waals surface area contributed by atoms with E-state index in [0.717, 1.165) is 31.2 Å². The van der Waals surface area contributed by atoms with Gasteiger partial charge in [-0.15, -0.1) is 0 Å².